The van der Waals surface area contributed by atoms with Gasteiger partial charge in [-0.3, -0.25) is 4.79 Å². The van der Waals surface area contributed by atoms with Crippen molar-refractivity contribution in [3.05, 3.63) is 35.6 Å². The normalized spacial score (nSPS) is 29.2. The summed E-state index contributed by atoms with van der Waals surface area (Å²) in [4.78, 5) is 11.5. The van der Waals surface area contributed by atoms with Crippen LogP contribution >= 0.6 is 0 Å². The number of amides is 1. The quantitative estimate of drug-likeness (QED) is 0.816. The van der Waals surface area contributed by atoms with E-state index >= 15 is 0 Å². The highest BCUT2D eigenvalue weighted by Crippen LogP contribution is 2.36. The molecule has 3 heteroatoms. The molecule has 1 aromatic rings. The average molecular weight is 221 g/mol. The summed E-state index contributed by atoms with van der Waals surface area (Å²) in [5.74, 6) is -0.156. The Labute approximate surface area is 94.9 Å². The fourth-order valence-electron chi connectivity index (χ4n) is 2.55. The minimum absolute atomic E-state index is 0.0821. The first-order chi connectivity index (χ1) is 7.56. The van der Waals surface area contributed by atoms with Gasteiger partial charge in [0, 0.05) is 17.9 Å². The van der Waals surface area contributed by atoms with Gasteiger partial charge in [-0.15, -0.1) is 0 Å². The van der Waals surface area contributed by atoms with Gasteiger partial charge in [-0.2, -0.15) is 0 Å². The second kappa shape index (κ2) is 3.89. The van der Waals surface area contributed by atoms with Gasteiger partial charge >= 0.3 is 0 Å². The van der Waals surface area contributed by atoms with E-state index in [0.717, 1.165) is 12.0 Å². The Bertz CT molecular complexity index is 401. The molecule has 0 aromatic heterocycles. The molecule has 0 radical (unpaired) electrons. The maximum Gasteiger partial charge on any atom is 0.221 e. The Hall–Kier alpha value is -1.38. The summed E-state index contributed by atoms with van der Waals surface area (Å²) >= 11 is 0. The zero-order chi connectivity index (χ0) is 11.8. The van der Waals surface area contributed by atoms with Crippen LogP contribution in [0.3, 0.4) is 0 Å². The number of carbonyl (C=O) groups is 1. The van der Waals surface area contributed by atoms with Crippen molar-refractivity contribution in [1.29, 1.82) is 0 Å². The number of hydrogen-bond donors (Lipinski definition) is 1. The molecular formula is C13H16FNO. The molecule has 1 amide bonds. The van der Waals surface area contributed by atoms with E-state index < -0.39 is 0 Å². The fraction of sp³-hybridized carbons (Fsp3) is 0.462. The molecule has 0 saturated carbocycles. The number of halogens is 1. The zero-order valence-corrected chi connectivity index (χ0v) is 9.59. The van der Waals surface area contributed by atoms with Gasteiger partial charge in [-0.1, -0.05) is 26.0 Å². The summed E-state index contributed by atoms with van der Waals surface area (Å²) in [5, 5.41) is 2.97. The van der Waals surface area contributed by atoms with E-state index in [2.05, 4.69) is 19.2 Å². The predicted molar refractivity (Wildman–Crippen MR) is 60.6 cm³/mol. The second-order valence-corrected chi connectivity index (χ2v) is 4.63. The van der Waals surface area contributed by atoms with Crippen molar-refractivity contribution < 1.29 is 9.18 Å². The van der Waals surface area contributed by atoms with Crippen LogP contribution < -0.4 is 5.32 Å². The van der Waals surface area contributed by atoms with E-state index in [0.29, 0.717) is 6.42 Å². The van der Waals surface area contributed by atoms with Crippen molar-refractivity contribution in [3.63, 3.8) is 0 Å². The Kier molecular flexibility index (Phi) is 2.70. The van der Waals surface area contributed by atoms with E-state index in [1.807, 2.05) is 0 Å². The molecule has 0 bridgehead atoms. The van der Waals surface area contributed by atoms with Gasteiger partial charge in [0.1, 0.15) is 5.82 Å². The third-order valence-corrected chi connectivity index (χ3v) is 3.54. The van der Waals surface area contributed by atoms with Crippen LogP contribution in [0.2, 0.25) is 0 Å². The summed E-state index contributed by atoms with van der Waals surface area (Å²) in [6.45, 7) is 4.12. The van der Waals surface area contributed by atoms with Crippen LogP contribution in [0.5, 0.6) is 0 Å². The minimum Gasteiger partial charge on any atom is -0.352 e. The number of nitrogens with one attached hydrogen (secondary N) is 1. The lowest BCUT2D eigenvalue weighted by molar-refractivity contribution is -0.119. The third-order valence-electron chi connectivity index (χ3n) is 3.54. The Morgan fingerprint density at radius 3 is 2.62 bits per heavy atom. The minimum atomic E-state index is -0.238. The first-order valence-corrected chi connectivity index (χ1v) is 5.61. The molecule has 2 unspecified atom stereocenters. The highest BCUT2D eigenvalue weighted by Gasteiger charge is 2.43. The van der Waals surface area contributed by atoms with Crippen LogP contribution in [-0.2, 0) is 10.2 Å². The fourth-order valence-corrected chi connectivity index (χ4v) is 2.55. The molecule has 0 aliphatic carbocycles. The lowest BCUT2D eigenvalue weighted by atomic mass is 9.75. The van der Waals surface area contributed by atoms with Gasteiger partial charge in [0.15, 0.2) is 0 Å². The molecule has 2 atom stereocenters. The number of hydrogen-bond acceptors (Lipinski definition) is 1. The maximum atomic E-state index is 12.9. The smallest absolute Gasteiger partial charge is 0.221 e. The van der Waals surface area contributed by atoms with Crippen molar-refractivity contribution in [1.82, 2.24) is 5.32 Å². The molecule has 1 fully saturated rings. The van der Waals surface area contributed by atoms with Gasteiger partial charge < -0.3 is 5.32 Å². The molecule has 1 aliphatic rings. The van der Waals surface area contributed by atoms with Crippen LogP contribution in [0.1, 0.15) is 32.3 Å². The molecular weight excluding hydrogens is 205 g/mol. The van der Waals surface area contributed by atoms with E-state index in [-0.39, 0.29) is 23.2 Å². The van der Waals surface area contributed by atoms with Crippen molar-refractivity contribution in [3.8, 4) is 0 Å². The standard InChI is InChI=1S/C13H16FNO/c1-3-11-13(2,8-12(16)15-11)9-4-6-10(14)7-5-9/h4-7,11H,3,8H2,1-2H3,(H,15,16). The molecule has 1 aliphatic heterocycles. The molecule has 1 N–H and O–H groups in total. The van der Waals surface area contributed by atoms with Crippen molar-refractivity contribution in [2.45, 2.75) is 38.1 Å². The highest BCUT2D eigenvalue weighted by atomic mass is 19.1. The topological polar surface area (TPSA) is 29.1 Å². The molecule has 1 aromatic carbocycles. The van der Waals surface area contributed by atoms with Gasteiger partial charge in [-0.05, 0) is 24.1 Å². The summed E-state index contributed by atoms with van der Waals surface area (Å²) < 4.78 is 12.9. The first-order valence-electron chi connectivity index (χ1n) is 5.61. The first kappa shape index (κ1) is 11.1. The number of rotatable bonds is 2. The zero-order valence-electron chi connectivity index (χ0n) is 9.59. The van der Waals surface area contributed by atoms with E-state index in [9.17, 15) is 9.18 Å². The van der Waals surface area contributed by atoms with Crippen LogP contribution in [-0.4, -0.2) is 11.9 Å². The molecule has 0 spiro atoms. The predicted octanol–water partition coefficient (Wildman–Crippen LogP) is 2.38. The molecule has 86 valence electrons. The van der Waals surface area contributed by atoms with Gasteiger partial charge in [0.2, 0.25) is 5.91 Å². The Morgan fingerprint density at radius 1 is 1.44 bits per heavy atom. The summed E-state index contributed by atoms with van der Waals surface area (Å²) in [6.07, 6.45) is 1.37. The van der Waals surface area contributed by atoms with Crippen LogP contribution in [0.25, 0.3) is 0 Å². The van der Waals surface area contributed by atoms with Gasteiger partial charge in [0.05, 0.1) is 0 Å². The second-order valence-electron chi connectivity index (χ2n) is 4.63. The van der Waals surface area contributed by atoms with Crippen LogP contribution in [0, 0.1) is 5.82 Å². The lowest BCUT2D eigenvalue weighted by Gasteiger charge is -2.30. The monoisotopic (exact) mass is 221 g/mol. The Balaban J connectivity index is 2.37. The summed E-state index contributed by atoms with van der Waals surface area (Å²) in [6, 6.07) is 6.61. The summed E-state index contributed by atoms with van der Waals surface area (Å²) in [5.41, 5.74) is 0.818. The SMILES string of the molecule is CCC1NC(=O)CC1(C)c1ccc(F)cc1. The molecule has 1 saturated heterocycles. The lowest BCUT2D eigenvalue weighted by Crippen LogP contribution is -2.37. The van der Waals surface area contributed by atoms with Gasteiger partial charge in [0.25, 0.3) is 0 Å². The van der Waals surface area contributed by atoms with Gasteiger partial charge in [-0.25, -0.2) is 4.39 Å². The third kappa shape index (κ3) is 1.70. The average Bonchev–Trinajstić information content (AvgIpc) is 2.55. The van der Waals surface area contributed by atoms with Crippen molar-refractivity contribution in [2.75, 3.05) is 0 Å². The van der Waals surface area contributed by atoms with E-state index in [1.165, 1.54) is 12.1 Å². The molecule has 16 heavy (non-hydrogen) atoms. The Morgan fingerprint density at radius 2 is 2.06 bits per heavy atom. The number of benzene rings is 1. The number of carbonyl (C=O) groups excluding carboxylic acids is 1. The van der Waals surface area contributed by atoms with Crippen LogP contribution in [0.4, 0.5) is 4.39 Å². The van der Waals surface area contributed by atoms with E-state index in [4.69, 9.17) is 0 Å². The maximum absolute atomic E-state index is 12.9. The molecule has 2 nitrogen and oxygen atoms in total. The van der Waals surface area contributed by atoms with Crippen molar-refractivity contribution in [2.24, 2.45) is 0 Å². The summed E-state index contributed by atoms with van der Waals surface area (Å²) in [7, 11) is 0. The van der Waals surface area contributed by atoms with Crippen LogP contribution in [0.15, 0.2) is 24.3 Å². The highest BCUT2D eigenvalue weighted by molar-refractivity contribution is 5.81. The largest absolute Gasteiger partial charge is 0.352 e. The van der Waals surface area contributed by atoms with Crippen molar-refractivity contribution >= 4 is 5.91 Å². The molecule has 1 heterocycles. The van der Waals surface area contributed by atoms with E-state index in [1.54, 1.807) is 12.1 Å². The molecule has 2 rings (SSSR count).